The van der Waals surface area contributed by atoms with Crippen LogP contribution in [0.1, 0.15) is 36.6 Å². The summed E-state index contributed by atoms with van der Waals surface area (Å²) in [6.07, 6.45) is 4.57. The molecule has 0 spiro atoms. The van der Waals surface area contributed by atoms with Gasteiger partial charge in [-0.1, -0.05) is 66.2 Å². The number of nitrogens with zero attached hydrogens (tertiary/aromatic N) is 4. The molecule has 6 rings (SSSR count). The Balaban J connectivity index is 1.31. The van der Waals surface area contributed by atoms with Crippen LogP contribution in [0.5, 0.6) is 0 Å². The van der Waals surface area contributed by atoms with Crippen molar-refractivity contribution in [3.8, 4) is 0 Å². The quantitative estimate of drug-likeness (QED) is 0.262. The molecule has 190 valence electrons. The molecule has 0 amide bonds. The number of rotatable bonds is 9. The van der Waals surface area contributed by atoms with Crippen LogP contribution in [0.15, 0.2) is 78.6 Å². The summed E-state index contributed by atoms with van der Waals surface area (Å²) in [5.41, 5.74) is 9.16. The van der Waals surface area contributed by atoms with Gasteiger partial charge in [0.15, 0.2) is 17.0 Å². The number of nitrogen functional groups attached to an aromatic ring is 1. The molecular formula is C28H28FN5O3. The number of hydrogen-bond acceptors (Lipinski definition) is 7. The summed E-state index contributed by atoms with van der Waals surface area (Å²) in [6.45, 7) is 1.19. The van der Waals surface area contributed by atoms with Crippen molar-refractivity contribution < 1.29 is 18.6 Å². The summed E-state index contributed by atoms with van der Waals surface area (Å²) < 4.78 is 35.2. The lowest BCUT2D eigenvalue weighted by Crippen LogP contribution is -2.43. The second-order valence-corrected chi connectivity index (χ2v) is 9.53. The van der Waals surface area contributed by atoms with Gasteiger partial charge in [-0.05, 0) is 30.0 Å². The lowest BCUT2D eigenvalue weighted by molar-refractivity contribution is -0.128. The Morgan fingerprint density at radius 3 is 2.43 bits per heavy atom. The lowest BCUT2D eigenvalue weighted by Gasteiger charge is -2.31. The van der Waals surface area contributed by atoms with E-state index in [0.717, 1.165) is 24.0 Å². The van der Waals surface area contributed by atoms with Crippen LogP contribution in [0.2, 0.25) is 0 Å². The third-order valence-electron chi connectivity index (χ3n) is 6.77. The van der Waals surface area contributed by atoms with Crippen molar-refractivity contribution in [3.63, 3.8) is 0 Å². The summed E-state index contributed by atoms with van der Waals surface area (Å²) in [5, 5.41) is 0. The Morgan fingerprint density at radius 1 is 1.03 bits per heavy atom. The molecule has 37 heavy (non-hydrogen) atoms. The maximum atomic E-state index is 14.0. The minimum absolute atomic E-state index is 0.00585. The molecule has 0 unspecified atom stereocenters. The fraction of sp³-hybridized carbons (Fsp3) is 0.321. The fourth-order valence-electron chi connectivity index (χ4n) is 4.79. The van der Waals surface area contributed by atoms with Gasteiger partial charge in [0.25, 0.3) is 0 Å². The largest absolute Gasteiger partial charge is 0.382 e. The first-order valence-corrected chi connectivity index (χ1v) is 12.4. The number of imidazole rings is 1. The van der Waals surface area contributed by atoms with Gasteiger partial charge in [0.05, 0.1) is 32.3 Å². The topological polar surface area (TPSA) is 97.3 Å². The normalized spacial score (nSPS) is 23.0. The van der Waals surface area contributed by atoms with E-state index in [1.165, 1.54) is 5.57 Å². The van der Waals surface area contributed by atoms with Gasteiger partial charge in [0.2, 0.25) is 0 Å². The van der Waals surface area contributed by atoms with Gasteiger partial charge >= 0.3 is 6.08 Å². The third kappa shape index (κ3) is 5.11. The summed E-state index contributed by atoms with van der Waals surface area (Å²) >= 11 is 0. The van der Waals surface area contributed by atoms with Gasteiger partial charge in [-0.15, -0.1) is 0 Å². The zero-order chi connectivity index (χ0) is 25.2. The molecule has 9 heteroatoms. The zero-order valence-corrected chi connectivity index (χ0v) is 20.3. The second-order valence-electron chi connectivity index (χ2n) is 9.53. The molecule has 2 N–H and O–H groups in total. The molecule has 3 atom stereocenters. The van der Waals surface area contributed by atoms with Gasteiger partial charge in [-0.3, -0.25) is 4.57 Å². The smallest absolute Gasteiger partial charge is 0.312 e. The molecule has 2 fully saturated rings. The van der Waals surface area contributed by atoms with E-state index in [-0.39, 0.29) is 17.6 Å². The van der Waals surface area contributed by atoms with Crippen LogP contribution >= 0.6 is 0 Å². The first-order chi connectivity index (χ1) is 18.1. The van der Waals surface area contributed by atoms with Gasteiger partial charge in [0, 0.05) is 6.42 Å². The summed E-state index contributed by atoms with van der Waals surface area (Å²) in [4.78, 5) is 11.9. The van der Waals surface area contributed by atoms with Gasteiger partial charge in [-0.25, -0.2) is 4.98 Å². The first-order valence-electron chi connectivity index (χ1n) is 12.4. The Hall–Kier alpha value is -3.66. The Bertz CT molecular complexity index is 1410. The van der Waals surface area contributed by atoms with E-state index < -0.39 is 17.9 Å². The fourth-order valence-corrected chi connectivity index (χ4v) is 4.79. The molecule has 1 aliphatic carbocycles. The number of hydrogen-bond donors (Lipinski definition) is 1. The molecule has 3 heterocycles. The number of allylic oxidation sites excluding steroid dienone is 1. The van der Waals surface area contributed by atoms with E-state index in [1.54, 1.807) is 10.9 Å². The van der Waals surface area contributed by atoms with Gasteiger partial charge < -0.3 is 19.9 Å². The van der Waals surface area contributed by atoms with Crippen molar-refractivity contribution in [2.75, 3.05) is 12.3 Å². The number of halogens is 1. The molecule has 2 aromatic heterocycles. The Kier molecular flexibility index (Phi) is 6.42. The molecule has 2 aliphatic rings. The molecule has 1 aliphatic heterocycles. The number of anilines is 1. The number of nitrogens with two attached hydrogens (primary N) is 1. The molecule has 1 saturated carbocycles. The maximum Gasteiger partial charge on any atom is 0.312 e. The number of ether oxygens (including phenoxy) is 3. The van der Waals surface area contributed by atoms with Gasteiger partial charge in [0.1, 0.15) is 11.8 Å². The highest BCUT2D eigenvalue weighted by Crippen LogP contribution is 2.44. The zero-order valence-electron chi connectivity index (χ0n) is 20.3. The van der Waals surface area contributed by atoms with Crippen LogP contribution in [0, 0.1) is 6.08 Å². The summed E-state index contributed by atoms with van der Waals surface area (Å²) in [7, 11) is 0. The van der Waals surface area contributed by atoms with Crippen LogP contribution in [0.4, 0.5) is 10.2 Å². The van der Waals surface area contributed by atoms with Crippen molar-refractivity contribution in [1.82, 2.24) is 19.5 Å². The van der Waals surface area contributed by atoms with E-state index in [0.29, 0.717) is 31.8 Å². The summed E-state index contributed by atoms with van der Waals surface area (Å²) in [6, 6.07) is 20.1. The van der Waals surface area contributed by atoms with E-state index in [9.17, 15) is 4.39 Å². The highest BCUT2D eigenvalue weighted by Gasteiger charge is 2.50. The number of benzene rings is 2. The van der Waals surface area contributed by atoms with Crippen molar-refractivity contribution in [1.29, 1.82) is 0 Å². The van der Waals surface area contributed by atoms with Crippen LogP contribution in [-0.2, 0) is 27.4 Å². The number of fused-ring (bicyclic) bond motifs is 1. The van der Waals surface area contributed by atoms with Crippen LogP contribution in [0.3, 0.4) is 0 Å². The van der Waals surface area contributed by atoms with E-state index in [1.807, 2.05) is 60.7 Å². The van der Waals surface area contributed by atoms with Crippen molar-refractivity contribution in [3.05, 3.63) is 95.8 Å². The molecule has 1 saturated heterocycles. The molecule has 2 aromatic carbocycles. The molecule has 0 radical (unpaired) electrons. The first kappa shape index (κ1) is 23.7. The predicted octanol–water partition coefficient (Wildman–Crippen LogP) is 4.73. The standard InChI is InChI=1S/C28H28FN5O3/c29-27-32-25(30)24-26(33-27)34(18-31-24)23-13-22(36-16-21-9-5-2-6-10-21)28(37-23,14-19-11-12-19)17-35-15-20-7-3-1-4-8-20/h1-10,14,18,22-23H,11-13,15-17H2,(H2,30,32,33)/t22-,23+,28+/m0/s1. The van der Waals surface area contributed by atoms with E-state index in [4.69, 9.17) is 19.9 Å². The molecule has 0 bridgehead atoms. The van der Waals surface area contributed by atoms with Crippen LogP contribution in [0.25, 0.3) is 11.2 Å². The Labute approximate surface area is 213 Å². The van der Waals surface area contributed by atoms with Crippen molar-refractivity contribution in [2.45, 2.75) is 50.4 Å². The molecular weight excluding hydrogens is 473 g/mol. The highest BCUT2D eigenvalue weighted by molar-refractivity contribution is 5.81. The third-order valence-corrected chi connectivity index (χ3v) is 6.77. The minimum Gasteiger partial charge on any atom is -0.382 e. The van der Waals surface area contributed by atoms with Crippen LogP contribution in [-0.4, -0.2) is 37.8 Å². The average molecular weight is 502 g/mol. The van der Waals surface area contributed by atoms with E-state index in [2.05, 4.69) is 21.0 Å². The van der Waals surface area contributed by atoms with Crippen molar-refractivity contribution in [2.24, 2.45) is 0 Å². The number of aromatic nitrogens is 4. The highest BCUT2D eigenvalue weighted by atomic mass is 19.1. The van der Waals surface area contributed by atoms with Crippen LogP contribution < -0.4 is 5.73 Å². The Morgan fingerprint density at radius 2 is 1.73 bits per heavy atom. The molecule has 4 aromatic rings. The minimum atomic E-state index is -0.904. The second kappa shape index (κ2) is 10.0. The SMILES string of the molecule is Nc1nc(F)nc2c1ncn2[C@H]1C[C@H](OCc2ccccc2)[C@@](C=C2CC2)(COCc2ccccc2)O1. The average Bonchev–Trinajstić information content (AvgIpc) is 3.50. The lowest BCUT2D eigenvalue weighted by atomic mass is 9.96. The molecule has 8 nitrogen and oxygen atoms in total. The van der Waals surface area contributed by atoms with Gasteiger partial charge in [-0.2, -0.15) is 14.4 Å². The monoisotopic (exact) mass is 501 g/mol. The predicted molar refractivity (Wildman–Crippen MR) is 136 cm³/mol. The van der Waals surface area contributed by atoms with E-state index >= 15 is 0 Å². The van der Waals surface area contributed by atoms with Crippen molar-refractivity contribution >= 4 is 17.0 Å². The maximum absolute atomic E-state index is 14.0. The summed E-state index contributed by atoms with van der Waals surface area (Å²) in [5.74, 6) is -0.00585.